The van der Waals surface area contributed by atoms with Gasteiger partial charge in [-0.1, -0.05) is 18.2 Å². The summed E-state index contributed by atoms with van der Waals surface area (Å²) in [6.45, 7) is 2.08. The number of amides is 1. The number of carbonyl (C=O) groups is 2. The Kier molecular flexibility index (Phi) is 7.08. The van der Waals surface area contributed by atoms with Crippen molar-refractivity contribution in [2.45, 2.75) is 13.5 Å². The first-order valence-corrected chi connectivity index (χ1v) is 11.2. The SMILES string of the molecule is CCOC(=O)c1cnn(-c2ccccc2)c1NC(=O)c1ccc(COc2ccc(I)cc2)o1. The minimum atomic E-state index is -0.582. The Bertz CT molecular complexity index is 1250. The molecule has 0 saturated heterocycles. The number of furan rings is 1. The minimum absolute atomic E-state index is 0.0758. The Hall–Kier alpha value is -3.60. The van der Waals surface area contributed by atoms with Crippen molar-refractivity contribution in [1.29, 1.82) is 0 Å². The van der Waals surface area contributed by atoms with Crippen molar-refractivity contribution in [2.24, 2.45) is 0 Å². The monoisotopic (exact) mass is 557 g/mol. The van der Waals surface area contributed by atoms with Crippen molar-refractivity contribution in [3.05, 3.63) is 93.6 Å². The normalized spacial score (nSPS) is 10.6. The fourth-order valence-electron chi connectivity index (χ4n) is 3.02. The third-order valence-corrected chi connectivity index (χ3v) is 5.30. The molecule has 0 radical (unpaired) electrons. The summed E-state index contributed by atoms with van der Waals surface area (Å²) >= 11 is 2.22. The second kappa shape index (κ2) is 10.3. The number of hydrogen-bond donors (Lipinski definition) is 1. The zero-order valence-electron chi connectivity index (χ0n) is 17.7. The first-order valence-electron chi connectivity index (χ1n) is 10.1. The number of aromatic nitrogens is 2. The minimum Gasteiger partial charge on any atom is -0.486 e. The van der Waals surface area contributed by atoms with E-state index in [0.717, 1.165) is 3.57 Å². The molecule has 0 aliphatic carbocycles. The predicted molar refractivity (Wildman–Crippen MR) is 130 cm³/mol. The molecule has 8 nitrogen and oxygen atoms in total. The number of nitrogens with one attached hydrogen (secondary N) is 1. The largest absolute Gasteiger partial charge is 0.486 e. The van der Waals surface area contributed by atoms with Crippen LogP contribution in [0, 0.1) is 3.57 Å². The Morgan fingerprint density at radius 2 is 1.82 bits per heavy atom. The first kappa shape index (κ1) is 22.6. The number of nitrogens with zero attached hydrogens (tertiary/aromatic N) is 2. The summed E-state index contributed by atoms with van der Waals surface area (Å²) in [6.07, 6.45) is 1.36. The maximum Gasteiger partial charge on any atom is 0.343 e. The van der Waals surface area contributed by atoms with Crippen LogP contribution in [-0.2, 0) is 11.3 Å². The Morgan fingerprint density at radius 1 is 1.06 bits per heavy atom. The fourth-order valence-corrected chi connectivity index (χ4v) is 3.38. The molecule has 0 bridgehead atoms. The maximum atomic E-state index is 12.9. The molecule has 4 aromatic rings. The smallest absolute Gasteiger partial charge is 0.343 e. The molecule has 0 aliphatic heterocycles. The van der Waals surface area contributed by atoms with Crippen molar-refractivity contribution >= 4 is 40.3 Å². The summed E-state index contributed by atoms with van der Waals surface area (Å²) in [5.41, 5.74) is 0.817. The highest BCUT2D eigenvalue weighted by Gasteiger charge is 2.23. The molecule has 0 spiro atoms. The summed E-state index contributed by atoms with van der Waals surface area (Å²) in [5.74, 6) is 0.342. The number of esters is 1. The van der Waals surface area contributed by atoms with Crippen LogP contribution >= 0.6 is 22.6 Å². The second-order valence-electron chi connectivity index (χ2n) is 6.84. The average molecular weight is 557 g/mol. The standard InChI is InChI=1S/C24H20IN3O5/c1-2-31-24(30)20-14-26-28(17-6-4-3-5-7-17)22(20)27-23(29)21-13-12-19(33-21)15-32-18-10-8-16(25)9-11-18/h3-14H,2,15H2,1H3,(H,27,29). The lowest BCUT2D eigenvalue weighted by molar-refractivity contribution is 0.0527. The van der Waals surface area contributed by atoms with E-state index in [1.54, 1.807) is 19.1 Å². The van der Waals surface area contributed by atoms with Gasteiger partial charge >= 0.3 is 5.97 Å². The number of ether oxygens (including phenoxy) is 2. The van der Waals surface area contributed by atoms with Crippen molar-refractivity contribution in [3.8, 4) is 11.4 Å². The molecule has 168 valence electrons. The number of carbonyl (C=O) groups excluding carboxylic acids is 2. The van der Waals surface area contributed by atoms with Crippen LogP contribution in [0.2, 0.25) is 0 Å². The van der Waals surface area contributed by atoms with Gasteiger partial charge in [0.15, 0.2) is 11.6 Å². The van der Waals surface area contributed by atoms with E-state index in [1.165, 1.54) is 10.9 Å². The summed E-state index contributed by atoms with van der Waals surface area (Å²) < 4.78 is 19.0. The number of hydrogen-bond acceptors (Lipinski definition) is 6. The van der Waals surface area contributed by atoms with Crippen molar-refractivity contribution < 1.29 is 23.5 Å². The predicted octanol–water partition coefficient (Wildman–Crippen LogP) is 5.08. The van der Waals surface area contributed by atoms with E-state index in [9.17, 15) is 9.59 Å². The Balaban J connectivity index is 1.52. The third-order valence-electron chi connectivity index (χ3n) is 4.58. The number of benzene rings is 2. The average Bonchev–Trinajstić information content (AvgIpc) is 3.47. The molecule has 0 fully saturated rings. The van der Waals surface area contributed by atoms with Gasteiger partial charge in [0.05, 0.1) is 18.5 Å². The van der Waals surface area contributed by atoms with E-state index in [-0.39, 0.29) is 30.4 Å². The molecule has 1 N–H and O–H groups in total. The summed E-state index contributed by atoms with van der Waals surface area (Å²) in [7, 11) is 0. The fraction of sp³-hybridized carbons (Fsp3) is 0.125. The van der Waals surface area contributed by atoms with Gasteiger partial charge in [0.25, 0.3) is 5.91 Å². The highest BCUT2D eigenvalue weighted by Crippen LogP contribution is 2.23. The molecule has 2 aromatic heterocycles. The maximum absolute atomic E-state index is 12.9. The topological polar surface area (TPSA) is 95.6 Å². The first-order chi connectivity index (χ1) is 16.0. The third kappa shape index (κ3) is 5.43. The van der Waals surface area contributed by atoms with E-state index in [4.69, 9.17) is 13.9 Å². The zero-order valence-corrected chi connectivity index (χ0v) is 19.8. The number of anilines is 1. The van der Waals surface area contributed by atoms with Gasteiger partial charge in [0, 0.05) is 3.57 Å². The van der Waals surface area contributed by atoms with Gasteiger partial charge in [-0.3, -0.25) is 4.79 Å². The molecular weight excluding hydrogens is 537 g/mol. The van der Waals surface area contributed by atoms with Crippen LogP contribution in [0.5, 0.6) is 5.75 Å². The van der Waals surface area contributed by atoms with E-state index in [1.807, 2.05) is 54.6 Å². The zero-order chi connectivity index (χ0) is 23.2. The van der Waals surface area contributed by atoms with Crippen molar-refractivity contribution in [1.82, 2.24) is 9.78 Å². The van der Waals surface area contributed by atoms with Crippen LogP contribution in [0.25, 0.3) is 5.69 Å². The van der Waals surface area contributed by atoms with Gasteiger partial charge in [0.1, 0.15) is 23.7 Å². The highest BCUT2D eigenvalue weighted by molar-refractivity contribution is 14.1. The molecule has 1 amide bonds. The molecule has 0 unspecified atom stereocenters. The van der Waals surface area contributed by atoms with E-state index in [2.05, 4.69) is 33.0 Å². The van der Waals surface area contributed by atoms with Gasteiger partial charge in [0.2, 0.25) is 0 Å². The van der Waals surface area contributed by atoms with Crippen molar-refractivity contribution in [3.63, 3.8) is 0 Å². The summed E-state index contributed by atoms with van der Waals surface area (Å²) in [5, 5.41) is 6.99. The number of para-hydroxylation sites is 1. The van der Waals surface area contributed by atoms with E-state index >= 15 is 0 Å². The lowest BCUT2D eigenvalue weighted by Gasteiger charge is -2.10. The molecule has 4 rings (SSSR count). The molecule has 2 heterocycles. The molecular formula is C24H20IN3O5. The van der Waals surface area contributed by atoms with Gasteiger partial charge in [-0.2, -0.15) is 5.10 Å². The summed E-state index contributed by atoms with van der Waals surface area (Å²) in [6, 6.07) is 20.0. The number of halogens is 1. The van der Waals surface area contributed by atoms with Gasteiger partial charge in [-0.15, -0.1) is 0 Å². The van der Waals surface area contributed by atoms with Crippen LogP contribution in [0.4, 0.5) is 5.82 Å². The van der Waals surface area contributed by atoms with Gasteiger partial charge < -0.3 is 19.2 Å². The lowest BCUT2D eigenvalue weighted by Crippen LogP contribution is -2.17. The second-order valence-corrected chi connectivity index (χ2v) is 8.08. The lowest BCUT2D eigenvalue weighted by atomic mass is 10.3. The summed E-state index contributed by atoms with van der Waals surface area (Å²) in [4.78, 5) is 25.3. The van der Waals surface area contributed by atoms with Gasteiger partial charge in [-0.05, 0) is 78.0 Å². The van der Waals surface area contributed by atoms with Gasteiger partial charge in [-0.25, -0.2) is 9.48 Å². The molecule has 9 heteroatoms. The van der Waals surface area contributed by atoms with Crippen molar-refractivity contribution in [2.75, 3.05) is 11.9 Å². The Morgan fingerprint density at radius 3 is 2.55 bits per heavy atom. The Labute approximate surface area is 203 Å². The molecule has 0 aliphatic rings. The van der Waals surface area contributed by atoms with Crippen LogP contribution < -0.4 is 10.1 Å². The number of rotatable bonds is 8. The van der Waals surface area contributed by atoms with Crippen LogP contribution in [-0.4, -0.2) is 28.3 Å². The molecule has 33 heavy (non-hydrogen) atoms. The van der Waals surface area contributed by atoms with Crippen LogP contribution in [0.3, 0.4) is 0 Å². The molecule has 0 atom stereocenters. The van der Waals surface area contributed by atoms with Crippen LogP contribution in [0.1, 0.15) is 33.6 Å². The highest BCUT2D eigenvalue weighted by atomic mass is 127. The quantitative estimate of drug-likeness (QED) is 0.240. The van der Waals surface area contributed by atoms with E-state index < -0.39 is 11.9 Å². The van der Waals surface area contributed by atoms with Crippen LogP contribution in [0.15, 0.2) is 77.3 Å². The van der Waals surface area contributed by atoms with E-state index in [0.29, 0.717) is 17.2 Å². The molecule has 0 saturated carbocycles. The molecule has 2 aromatic carbocycles.